The predicted octanol–water partition coefficient (Wildman–Crippen LogP) is 2.42. The minimum Gasteiger partial charge on any atom is -0.322 e. The normalized spacial score (nSPS) is 56.2. The van der Waals surface area contributed by atoms with Crippen LogP contribution in [0.4, 0.5) is 0 Å². The molecule has 9 rings (SSSR count). The Morgan fingerprint density at radius 3 is 0.927 bits per heavy atom. The quantitative estimate of drug-likeness (QED) is 0.157. The van der Waals surface area contributed by atoms with Crippen LogP contribution in [0, 0.1) is 53.8 Å². The minimum absolute atomic E-state index is 0. The molecule has 0 aromatic carbocycles. The van der Waals surface area contributed by atoms with Crippen molar-refractivity contribution in [2.45, 2.75) is 146 Å². The Bertz CT molecular complexity index is 716. The molecule has 41 heavy (non-hydrogen) atoms. The monoisotopic (exact) mass is 607 g/mol. The van der Waals surface area contributed by atoms with Gasteiger partial charge in [-0.2, -0.15) is 6.42 Å². The van der Waals surface area contributed by atoms with E-state index in [-0.39, 0.29) is 17.1 Å². The fourth-order valence-electron chi connectivity index (χ4n) is 11.7. The van der Waals surface area contributed by atoms with Gasteiger partial charge in [0.1, 0.15) is 0 Å². The van der Waals surface area contributed by atoms with Gasteiger partial charge in [0.05, 0.1) is 43.2 Å². The molecule has 0 radical (unpaired) electrons. The second-order valence-corrected chi connectivity index (χ2v) is 15.4. The van der Waals surface area contributed by atoms with Crippen LogP contribution in [0.5, 0.6) is 0 Å². The Labute approximate surface area is 258 Å². The van der Waals surface area contributed by atoms with E-state index in [0.29, 0.717) is 61.2 Å². The first-order valence-electron chi connectivity index (χ1n) is 17.7. The number of nitrogens with one attached hydrogen (secondary N) is 8. The fraction of sp³-hybridized carbons (Fsp3) is 0.969. The summed E-state index contributed by atoms with van der Waals surface area (Å²) in [4.78, 5) is 0. The summed E-state index contributed by atoms with van der Waals surface area (Å²) in [7, 11) is 0. The van der Waals surface area contributed by atoms with E-state index in [1.165, 1.54) is 96.3 Å². The molecule has 16 atom stereocenters. The molecule has 0 spiro atoms. The van der Waals surface area contributed by atoms with Crippen molar-refractivity contribution in [1.29, 1.82) is 0 Å². The Balaban J connectivity index is 0.00000256. The van der Waals surface area contributed by atoms with Crippen LogP contribution in [0.15, 0.2) is 0 Å². The van der Waals surface area contributed by atoms with Gasteiger partial charge in [0.15, 0.2) is 0 Å². The SMILES string of the molecule is [CH-]1CCCC2C3NC(NC4NC(NC5NC(NC6NC(N3)C3CCCCC63)C3CCCCC53)C3CCCCC43)C12.[Fe]. The number of fused-ring (bicyclic) bond motifs is 20. The maximum Gasteiger partial charge on any atom is 0.0628 e. The van der Waals surface area contributed by atoms with Crippen molar-refractivity contribution in [3.05, 3.63) is 6.42 Å². The van der Waals surface area contributed by atoms with Crippen molar-refractivity contribution in [2.75, 3.05) is 0 Å². The van der Waals surface area contributed by atoms with E-state index in [2.05, 4.69) is 49.0 Å². The summed E-state index contributed by atoms with van der Waals surface area (Å²) in [5.74, 6) is 5.74. The first-order chi connectivity index (χ1) is 19.8. The molecule has 9 aliphatic rings. The van der Waals surface area contributed by atoms with Gasteiger partial charge in [-0.3, -0.25) is 42.5 Å². The van der Waals surface area contributed by atoms with Crippen molar-refractivity contribution in [1.82, 2.24) is 42.5 Å². The second-order valence-electron chi connectivity index (χ2n) is 15.4. The van der Waals surface area contributed by atoms with Gasteiger partial charge in [0, 0.05) is 23.2 Å². The molecule has 5 saturated heterocycles. The number of hydrogen-bond donors (Lipinski definition) is 8. The smallest absolute Gasteiger partial charge is 0.0628 e. The second kappa shape index (κ2) is 11.8. The molecule has 0 aromatic heterocycles. The fourth-order valence-corrected chi connectivity index (χ4v) is 11.7. The van der Waals surface area contributed by atoms with E-state index < -0.39 is 0 Å². The molecule has 8 N–H and O–H groups in total. The van der Waals surface area contributed by atoms with Crippen molar-refractivity contribution in [3.8, 4) is 0 Å². The summed E-state index contributed by atoms with van der Waals surface area (Å²) in [5.41, 5.74) is 0. The van der Waals surface area contributed by atoms with Gasteiger partial charge in [-0.15, -0.1) is 5.92 Å². The Hall–Kier alpha value is 0.199. The first-order valence-corrected chi connectivity index (χ1v) is 17.7. The third-order valence-electron chi connectivity index (χ3n) is 13.6. The predicted molar refractivity (Wildman–Crippen MR) is 157 cm³/mol. The average molecular weight is 608 g/mol. The van der Waals surface area contributed by atoms with Crippen LogP contribution in [0.3, 0.4) is 0 Å². The van der Waals surface area contributed by atoms with E-state index in [1.807, 2.05) is 0 Å². The van der Waals surface area contributed by atoms with Gasteiger partial charge < -0.3 is 6.42 Å². The van der Waals surface area contributed by atoms with Crippen molar-refractivity contribution < 1.29 is 17.1 Å². The molecule has 4 aliphatic carbocycles. The number of hydrogen-bond acceptors (Lipinski definition) is 8. The van der Waals surface area contributed by atoms with E-state index in [4.69, 9.17) is 0 Å². The standard InChI is InChI=1S/C32H55N8.Fe/c1-2-10-18-17(9-1)25-33-26(18)38-28-21-13-5-6-14-22(21)30(35-28)40-32-24-16-8-7-15-23(24)31(36-32)39-29-20-12-4-3-11-19(20)27(34-29)37-25;/h9,17-40H,1-8,10-16H2;/q-1;. The maximum absolute atomic E-state index is 4.25. The summed E-state index contributed by atoms with van der Waals surface area (Å²) in [6.07, 6.45) is 26.4. The molecule has 8 nitrogen and oxygen atoms in total. The zero-order valence-electron chi connectivity index (χ0n) is 24.8. The molecule has 0 amide bonds. The summed E-state index contributed by atoms with van der Waals surface area (Å²) in [5, 5.41) is 33.7. The molecule has 5 heterocycles. The molecule has 8 bridgehead atoms. The first kappa shape index (κ1) is 28.7. The molecule has 232 valence electrons. The van der Waals surface area contributed by atoms with Gasteiger partial charge in [-0.25, -0.2) is 0 Å². The van der Waals surface area contributed by atoms with Gasteiger partial charge >= 0.3 is 0 Å². The van der Waals surface area contributed by atoms with Crippen molar-refractivity contribution >= 4 is 0 Å². The molecular weight excluding hydrogens is 552 g/mol. The zero-order valence-corrected chi connectivity index (χ0v) is 25.9. The van der Waals surface area contributed by atoms with Crippen LogP contribution in [0.25, 0.3) is 0 Å². The van der Waals surface area contributed by atoms with Crippen LogP contribution < -0.4 is 42.5 Å². The van der Waals surface area contributed by atoms with E-state index in [0.717, 1.165) is 35.5 Å². The largest absolute Gasteiger partial charge is 0.322 e. The average Bonchev–Trinajstić information content (AvgIpc) is 3.73. The van der Waals surface area contributed by atoms with Gasteiger partial charge in [0.2, 0.25) is 0 Å². The van der Waals surface area contributed by atoms with Crippen LogP contribution >= 0.6 is 0 Å². The van der Waals surface area contributed by atoms with Gasteiger partial charge in [-0.1, -0.05) is 51.4 Å². The van der Waals surface area contributed by atoms with E-state index in [1.54, 1.807) is 0 Å². The molecular formula is C32H55FeN8-. The summed E-state index contributed by atoms with van der Waals surface area (Å²) < 4.78 is 0. The summed E-state index contributed by atoms with van der Waals surface area (Å²) in [6.45, 7) is 0. The molecule has 5 aliphatic heterocycles. The molecule has 4 saturated carbocycles. The Kier molecular flexibility index (Phi) is 8.28. The van der Waals surface area contributed by atoms with Crippen LogP contribution in [-0.2, 0) is 17.1 Å². The molecule has 9 fully saturated rings. The zero-order chi connectivity index (χ0) is 26.2. The third-order valence-corrected chi connectivity index (χ3v) is 13.6. The summed E-state index contributed by atoms with van der Waals surface area (Å²) >= 11 is 0. The van der Waals surface area contributed by atoms with E-state index >= 15 is 0 Å². The maximum atomic E-state index is 4.25. The van der Waals surface area contributed by atoms with Crippen LogP contribution in [0.2, 0.25) is 0 Å². The third kappa shape index (κ3) is 5.01. The van der Waals surface area contributed by atoms with Crippen molar-refractivity contribution in [3.63, 3.8) is 0 Å². The summed E-state index contributed by atoms with van der Waals surface area (Å²) in [6, 6.07) is 0. The van der Waals surface area contributed by atoms with Gasteiger partial charge in [0.25, 0.3) is 0 Å². The Morgan fingerprint density at radius 1 is 0.317 bits per heavy atom. The molecule has 0 aromatic rings. The minimum atomic E-state index is 0. The molecule has 16 unspecified atom stereocenters. The van der Waals surface area contributed by atoms with Crippen LogP contribution in [-0.4, -0.2) is 49.3 Å². The topological polar surface area (TPSA) is 96.2 Å². The van der Waals surface area contributed by atoms with Crippen LogP contribution in [0.1, 0.15) is 96.3 Å². The number of rotatable bonds is 0. The molecule has 9 heteroatoms. The van der Waals surface area contributed by atoms with E-state index in [9.17, 15) is 0 Å². The van der Waals surface area contributed by atoms with Gasteiger partial charge in [-0.05, 0) is 80.0 Å². The van der Waals surface area contributed by atoms with Crippen molar-refractivity contribution in [2.24, 2.45) is 47.3 Å². The Morgan fingerprint density at radius 2 is 0.585 bits per heavy atom.